The lowest BCUT2D eigenvalue weighted by Gasteiger charge is -2.47. The van der Waals surface area contributed by atoms with Crippen molar-refractivity contribution >= 4 is 12.2 Å². The molecule has 3 N–H and O–H groups in total. The average Bonchev–Trinajstić information content (AvgIpc) is 3.85. The summed E-state index contributed by atoms with van der Waals surface area (Å²) >= 11 is 0. The van der Waals surface area contributed by atoms with E-state index in [4.69, 9.17) is 0 Å². The van der Waals surface area contributed by atoms with Gasteiger partial charge < -0.3 is 15.3 Å². The van der Waals surface area contributed by atoms with Gasteiger partial charge in [-0.2, -0.15) is 10.2 Å². The van der Waals surface area contributed by atoms with Gasteiger partial charge in [0.2, 0.25) is 0 Å². The molecule has 4 aliphatic carbocycles. The van der Waals surface area contributed by atoms with Crippen molar-refractivity contribution < 1.29 is 24.1 Å². The highest BCUT2D eigenvalue weighted by molar-refractivity contribution is 5.63. The minimum Gasteiger partial charge on any atom is -0.508 e. The lowest BCUT2D eigenvalue weighted by atomic mass is 9.57. The monoisotopic (exact) mass is 806 g/mol. The Morgan fingerprint density at radius 1 is 0.600 bits per heavy atom. The molecule has 308 valence electrons. The van der Waals surface area contributed by atoms with E-state index in [0.717, 1.165) is 90.8 Å². The van der Waals surface area contributed by atoms with Crippen LogP contribution in [0.4, 0.5) is 8.78 Å². The van der Waals surface area contributed by atoms with Crippen molar-refractivity contribution in [3.05, 3.63) is 171 Å². The Labute approximate surface area is 350 Å². The Balaban J connectivity index is 0.000000154. The van der Waals surface area contributed by atoms with E-state index in [2.05, 4.69) is 67.4 Å². The minimum absolute atomic E-state index is 0.0874. The standard InChI is InChI=1S/C26H27FN2O.C25H25FN2O2/c1-17-6-8-18(9-7-17)25(30)23-5-3-4-20-14-24-19(15-26(20,23)2)16-28-29(24)22-12-10-21(27)11-13-22;1-25-14-17-15-27-28(20-9-7-19(26)8-10-20)23(17)13-18(25)3-2-4-22(25)24(30)16-5-11-21(29)12-6-16/h6-14,16,23,25,30H,3-5,15H2,1-2H3;5-13,15,22,24,29-30H,2-4,14H2,1H3/t23-,25+,26+;22-,24+,25+/m11/s1. The van der Waals surface area contributed by atoms with Gasteiger partial charge >= 0.3 is 0 Å². The first-order valence-corrected chi connectivity index (χ1v) is 21.2. The topological polar surface area (TPSA) is 96.3 Å². The lowest BCUT2D eigenvalue weighted by molar-refractivity contribution is 0.0215. The summed E-state index contributed by atoms with van der Waals surface area (Å²) in [6, 6.07) is 28.0. The number of hydrogen-bond donors (Lipinski definition) is 3. The van der Waals surface area contributed by atoms with E-state index >= 15 is 0 Å². The molecule has 0 aliphatic heterocycles. The number of phenolic OH excluding ortho intramolecular Hbond substituents is 1. The number of hydrogen-bond acceptors (Lipinski definition) is 5. The number of rotatable bonds is 6. The Morgan fingerprint density at radius 3 is 1.42 bits per heavy atom. The zero-order chi connectivity index (χ0) is 41.8. The van der Waals surface area contributed by atoms with Crippen LogP contribution in [0.25, 0.3) is 23.5 Å². The van der Waals surface area contributed by atoms with E-state index in [1.54, 1.807) is 36.4 Å². The highest BCUT2D eigenvalue weighted by Crippen LogP contribution is 2.56. The first kappa shape index (κ1) is 39.8. The van der Waals surface area contributed by atoms with Crippen LogP contribution in [0.1, 0.15) is 104 Å². The molecule has 2 fully saturated rings. The maximum absolute atomic E-state index is 13.4. The summed E-state index contributed by atoms with van der Waals surface area (Å²) in [6.07, 6.45) is 15.1. The minimum atomic E-state index is -0.590. The van der Waals surface area contributed by atoms with Crippen LogP contribution >= 0.6 is 0 Å². The molecule has 0 unspecified atom stereocenters. The van der Waals surface area contributed by atoms with Gasteiger partial charge in [0, 0.05) is 0 Å². The highest BCUT2D eigenvalue weighted by atomic mass is 19.1. The number of fused-ring (bicyclic) bond motifs is 4. The smallest absolute Gasteiger partial charge is 0.123 e. The number of aliphatic hydroxyl groups excluding tert-OH is 2. The predicted molar refractivity (Wildman–Crippen MR) is 231 cm³/mol. The second kappa shape index (κ2) is 15.8. The van der Waals surface area contributed by atoms with Crippen LogP contribution in [0.3, 0.4) is 0 Å². The van der Waals surface area contributed by atoms with Crippen molar-refractivity contribution in [1.29, 1.82) is 0 Å². The SMILES string of the molecule is C[C@]12Cc3cnn(-c4ccc(F)cc4)c3C=C1CCC[C@@H]2[C@@H](O)c1ccc(O)cc1.Cc1ccc([C@H](O)[C@H]2CCCC3=Cc4c(cnn4-c4ccc(F)cc4)C[C@@]32C)cc1. The number of aliphatic hydroxyl groups is 2. The van der Waals surface area contributed by atoms with Gasteiger partial charge in [0.1, 0.15) is 17.4 Å². The van der Waals surface area contributed by atoms with E-state index in [9.17, 15) is 24.1 Å². The number of nitrogens with zero attached hydrogens (tertiary/aromatic N) is 4. The molecule has 0 amide bonds. The molecule has 7 nitrogen and oxygen atoms in total. The van der Waals surface area contributed by atoms with E-state index in [1.165, 1.54) is 46.5 Å². The first-order valence-electron chi connectivity index (χ1n) is 21.2. The van der Waals surface area contributed by atoms with Crippen LogP contribution < -0.4 is 0 Å². The fourth-order valence-corrected chi connectivity index (χ4v) is 10.6. The molecule has 2 saturated carbocycles. The summed E-state index contributed by atoms with van der Waals surface area (Å²) in [5.74, 6) is -0.0428. The van der Waals surface area contributed by atoms with Crippen molar-refractivity contribution in [2.75, 3.05) is 0 Å². The van der Waals surface area contributed by atoms with Crippen LogP contribution in [0.2, 0.25) is 0 Å². The fraction of sp³-hybridized carbons (Fsp3) is 0.333. The van der Waals surface area contributed by atoms with Gasteiger partial charge in [-0.15, -0.1) is 0 Å². The second-order valence-corrected chi connectivity index (χ2v) is 17.8. The van der Waals surface area contributed by atoms with Gasteiger partial charge in [0.25, 0.3) is 0 Å². The molecule has 2 aromatic heterocycles. The number of aromatic nitrogens is 4. The number of allylic oxidation sites excluding steroid dienone is 2. The largest absolute Gasteiger partial charge is 0.508 e. The molecule has 60 heavy (non-hydrogen) atoms. The number of aromatic hydroxyl groups is 1. The van der Waals surface area contributed by atoms with Crippen LogP contribution in [0.5, 0.6) is 5.75 Å². The molecule has 0 spiro atoms. The number of aryl methyl sites for hydroxylation is 1. The highest BCUT2D eigenvalue weighted by Gasteiger charge is 2.48. The van der Waals surface area contributed by atoms with Crippen molar-refractivity contribution in [3.8, 4) is 17.1 Å². The van der Waals surface area contributed by atoms with Crippen molar-refractivity contribution in [1.82, 2.24) is 19.6 Å². The van der Waals surface area contributed by atoms with E-state index in [-0.39, 0.29) is 40.0 Å². The van der Waals surface area contributed by atoms with E-state index in [1.807, 2.05) is 33.9 Å². The van der Waals surface area contributed by atoms with Gasteiger partial charge in [-0.25, -0.2) is 18.1 Å². The zero-order valence-electron chi connectivity index (χ0n) is 34.4. The number of phenols is 1. The molecule has 0 radical (unpaired) electrons. The summed E-state index contributed by atoms with van der Waals surface area (Å²) in [5.41, 5.74) is 11.7. The third-order valence-electron chi connectivity index (χ3n) is 14.1. The van der Waals surface area contributed by atoms with Crippen LogP contribution in [-0.2, 0) is 12.8 Å². The van der Waals surface area contributed by atoms with Crippen LogP contribution in [0, 0.1) is 41.2 Å². The van der Waals surface area contributed by atoms with Crippen molar-refractivity contribution in [2.24, 2.45) is 22.7 Å². The quantitative estimate of drug-likeness (QED) is 0.156. The molecule has 0 bridgehead atoms. The van der Waals surface area contributed by atoms with Gasteiger partial charge in [-0.05, 0) is 176 Å². The third kappa shape index (κ3) is 7.21. The molecule has 6 atom stereocenters. The number of benzene rings is 4. The normalized spacial score (nSPS) is 24.0. The van der Waals surface area contributed by atoms with Gasteiger partial charge in [-0.1, -0.05) is 67.0 Å². The Kier molecular flexibility index (Phi) is 10.5. The number of halogens is 2. The summed E-state index contributed by atoms with van der Waals surface area (Å²) in [7, 11) is 0. The summed E-state index contributed by atoms with van der Waals surface area (Å²) in [5, 5.41) is 41.3. The fourth-order valence-electron chi connectivity index (χ4n) is 10.6. The molecule has 0 saturated heterocycles. The molecular formula is C51H52F2N4O3. The van der Waals surface area contributed by atoms with Crippen LogP contribution in [-0.4, -0.2) is 34.9 Å². The third-order valence-corrected chi connectivity index (χ3v) is 14.1. The molecule has 4 aliphatic rings. The zero-order valence-corrected chi connectivity index (χ0v) is 34.4. The Bertz CT molecular complexity index is 2380. The van der Waals surface area contributed by atoms with Gasteiger partial charge in [-0.3, -0.25) is 0 Å². The Morgan fingerprint density at radius 2 is 1.00 bits per heavy atom. The molecule has 9 heteroatoms. The molecule has 6 aromatic rings. The average molecular weight is 807 g/mol. The van der Waals surface area contributed by atoms with Crippen LogP contribution in [0.15, 0.2) is 121 Å². The van der Waals surface area contributed by atoms with Crippen molar-refractivity contribution in [3.63, 3.8) is 0 Å². The van der Waals surface area contributed by atoms with Crippen molar-refractivity contribution in [2.45, 2.75) is 84.3 Å². The van der Waals surface area contributed by atoms with E-state index < -0.39 is 12.2 Å². The Hall–Kier alpha value is -5.64. The maximum Gasteiger partial charge on any atom is 0.123 e. The second-order valence-electron chi connectivity index (χ2n) is 17.8. The molecule has 4 aromatic carbocycles. The van der Waals surface area contributed by atoms with Gasteiger partial charge in [0.15, 0.2) is 0 Å². The summed E-state index contributed by atoms with van der Waals surface area (Å²) < 4.78 is 30.5. The summed E-state index contributed by atoms with van der Waals surface area (Å²) in [4.78, 5) is 0. The molecule has 2 heterocycles. The van der Waals surface area contributed by atoms with E-state index in [0.29, 0.717) is 0 Å². The maximum atomic E-state index is 13.4. The summed E-state index contributed by atoms with van der Waals surface area (Å²) in [6.45, 7) is 6.63. The van der Waals surface area contributed by atoms with Gasteiger partial charge in [0.05, 0.1) is 47.4 Å². The first-order chi connectivity index (χ1) is 28.9. The molecular weight excluding hydrogens is 755 g/mol. The molecule has 10 rings (SSSR count). The predicted octanol–water partition coefficient (Wildman–Crippen LogP) is 11.0. The lowest BCUT2D eigenvalue weighted by Crippen LogP contribution is -2.40.